The first-order valence-corrected chi connectivity index (χ1v) is 9.05. The van der Waals surface area contributed by atoms with Gasteiger partial charge in [0.15, 0.2) is 0 Å². The minimum Gasteiger partial charge on any atom is -0.387 e. The summed E-state index contributed by atoms with van der Waals surface area (Å²) in [5.74, 6) is -0.338. The van der Waals surface area contributed by atoms with Gasteiger partial charge in [-0.3, -0.25) is 4.90 Å². The Labute approximate surface area is 153 Å². The number of nitrogens with zero attached hydrogens (tertiary/aromatic N) is 1. The molecule has 2 aromatic carbocycles. The number of piperidine rings is 1. The Hall–Kier alpha value is -1.46. The van der Waals surface area contributed by atoms with E-state index in [9.17, 15) is 9.50 Å². The van der Waals surface area contributed by atoms with Crippen LogP contribution in [-0.2, 0) is 13.1 Å². The van der Waals surface area contributed by atoms with Gasteiger partial charge in [-0.25, -0.2) is 4.39 Å². The van der Waals surface area contributed by atoms with Crippen LogP contribution in [0, 0.1) is 5.82 Å². The van der Waals surface area contributed by atoms with Crippen molar-refractivity contribution in [2.45, 2.75) is 31.5 Å². The summed E-state index contributed by atoms with van der Waals surface area (Å²) in [6.45, 7) is 3.45. The highest BCUT2D eigenvalue weighted by Crippen LogP contribution is 2.22. The lowest BCUT2D eigenvalue weighted by Crippen LogP contribution is -2.53. The van der Waals surface area contributed by atoms with Gasteiger partial charge in [-0.2, -0.15) is 0 Å². The van der Waals surface area contributed by atoms with Crippen molar-refractivity contribution < 1.29 is 9.50 Å². The quantitative estimate of drug-likeness (QED) is 0.824. The normalized spacial score (nSPS) is 21.4. The molecule has 0 spiro atoms. The van der Waals surface area contributed by atoms with E-state index < -0.39 is 5.60 Å². The van der Waals surface area contributed by atoms with E-state index in [1.54, 1.807) is 6.07 Å². The van der Waals surface area contributed by atoms with Crippen molar-refractivity contribution >= 4 is 11.6 Å². The van der Waals surface area contributed by atoms with Crippen molar-refractivity contribution in [2.75, 3.05) is 19.6 Å². The highest BCUT2D eigenvalue weighted by molar-refractivity contribution is 6.30. The first-order valence-electron chi connectivity index (χ1n) is 8.67. The van der Waals surface area contributed by atoms with E-state index in [0.29, 0.717) is 24.7 Å². The van der Waals surface area contributed by atoms with Gasteiger partial charge in [0.25, 0.3) is 0 Å². The van der Waals surface area contributed by atoms with Crippen LogP contribution in [0.5, 0.6) is 0 Å². The summed E-state index contributed by atoms with van der Waals surface area (Å²) in [5.41, 5.74) is 1.28. The molecule has 1 aliphatic heterocycles. The maximum atomic E-state index is 13.4. The van der Waals surface area contributed by atoms with Crippen LogP contribution in [0.1, 0.15) is 24.0 Å². The Morgan fingerprint density at radius 1 is 1.16 bits per heavy atom. The lowest BCUT2D eigenvalue weighted by atomic mass is 9.92. The van der Waals surface area contributed by atoms with Crippen molar-refractivity contribution in [3.63, 3.8) is 0 Å². The van der Waals surface area contributed by atoms with Gasteiger partial charge in [0.2, 0.25) is 0 Å². The summed E-state index contributed by atoms with van der Waals surface area (Å²) in [4.78, 5) is 2.29. The number of hydrogen-bond acceptors (Lipinski definition) is 3. The molecule has 0 radical (unpaired) electrons. The average Bonchev–Trinajstić information content (AvgIpc) is 2.55. The number of likely N-dealkylation sites (tertiary alicyclic amines) is 1. The largest absolute Gasteiger partial charge is 0.387 e. The number of nitrogens with one attached hydrogen (secondary N) is 1. The molecule has 1 saturated heterocycles. The predicted octanol–water partition coefficient (Wildman–Crippen LogP) is 3.60. The molecule has 0 amide bonds. The van der Waals surface area contributed by atoms with Gasteiger partial charge in [0.05, 0.1) is 5.60 Å². The number of rotatable bonds is 6. The maximum absolute atomic E-state index is 13.4. The minimum atomic E-state index is -0.760. The molecule has 1 atom stereocenters. The van der Waals surface area contributed by atoms with Gasteiger partial charge >= 0.3 is 0 Å². The van der Waals surface area contributed by atoms with Gasteiger partial charge in [0.1, 0.15) is 5.82 Å². The van der Waals surface area contributed by atoms with Crippen LogP contribution in [0.4, 0.5) is 4.39 Å². The van der Waals surface area contributed by atoms with Gasteiger partial charge in [-0.1, -0.05) is 41.9 Å². The van der Waals surface area contributed by atoms with Crippen LogP contribution >= 0.6 is 11.6 Å². The monoisotopic (exact) mass is 362 g/mol. The zero-order valence-electron chi connectivity index (χ0n) is 14.2. The summed E-state index contributed by atoms with van der Waals surface area (Å²) in [6.07, 6.45) is 1.74. The lowest BCUT2D eigenvalue weighted by molar-refractivity contribution is -0.0320. The molecule has 3 rings (SSSR count). The highest BCUT2D eigenvalue weighted by atomic mass is 35.5. The molecule has 2 N–H and O–H groups in total. The van der Waals surface area contributed by atoms with Crippen LogP contribution in [-0.4, -0.2) is 35.2 Å². The summed E-state index contributed by atoms with van der Waals surface area (Å²) in [6, 6.07) is 14.8. The second-order valence-corrected chi connectivity index (χ2v) is 7.34. The van der Waals surface area contributed by atoms with Crippen molar-refractivity contribution in [1.82, 2.24) is 10.2 Å². The third-order valence-electron chi connectivity index (χ3n) is 4.59. The van der Waals surface area contributed by atoms with Crippen molar-refractivity contribution in [2.24, 2.45) is 0 Å². The fourth-order valence-corrected chi connectivity index (χ4v) is 3.72. The van der Waals surface area contributed by atoms with Crippen LogP contribution < -0.4 is 5.32 Å². The molecule has 5 heteroatoms. The Morgan fingerprint density at radius 3 is 2.72 bits per heavy atom. The molecule has 1 fully saturated rings. The molecule has 0 bridgehead atoms. The van der Waals surface area contributed by atoms with Crippen molar-refractivity contribution in [3.8, 4) is 0 Å². The van der Waals surface area contributed by atoms with E-state index in [-0.39, 0.29) is 5.82 Å². The zero-order chi connectivity index (χ0) is 17.7. The smallest absolute Gasteiger partial charge is 0.125 e. The molecule has 3 nitrogen and oxygen atoms in total. The first-order chi connectivity index (χ1) is 12.0. The van der Waals surface area contributed by atoms with Crippen LogP contribution in [0.2, 0.25) is 5.02 Å². The van der Waals surface area contributed by atoms with Gasteiger partial charge in [0, 0.05) is 31.2 Å². The van der Waals surface area contributed by atoms with Gasteiger partial charge in [-0.05, 0) is 48.7 Å². The molecular formula is C20H24ClFN2O. The van der Waals surface area contributed by atoms with E-state index in [0.717, 1.165) is 31.5 Å². The van der Waals surface area contributed by atoms with Crippen LogP contribution in [0.15, 0.2) is 48.5 Å². The molecule has 1 heterocycles. The fraction of sp³-hybridized carbons (Fsp3) is 0.400. The third-order valence-corrected chi connectivity index (χ3v) is 4.81. The average molecular weight is 363 g/mol. The van der Waals surface area contributed by atoms with Gasteiger partial charge in [-0.15, -0.1) is 0 Å². The minimum absolute atomic E-state index is 0.338. The summed E-state index contributed by atoms with van der Waals surface area (Å²) >= 11 is 5.88. The number of β-amino-alcohol motifs (C(OH)–C–C–N with tert-alkyl or cyclic N) is 1. The van der Waals surface area contributed by atoms with Crippen LogP contribution in [0.25, 0.3) is 0 Å². The zero-order valence-corrected chi connectivity index (χ0v) is 15.0. The maximum Gasteiger partial charge on any atom is 0.125 e. The number of aliphatic hydroxyl groups is 1. The Balaban J connectivity index is 1.52. The first kappa shape index (κ1) is 18.3. The molecule has 134 valence electrons. The van der Waals surface area contributed by atoms with E-state index in [1.807, 2.05) is 18.2 Å². The SMILES string of the molecule is OC1(CNCc2cc(F)cc(Cl)c2)CCCN(Cc2ccccc2)C1. The van der Waals surface area contributed by atoms with E-state index in [4.69, 9.17) is 11.6 Å². The van der Waals surface area contributed by atoms with Crippen LogP contribution in [0.3, 0.4) is 0 Å². The third kappa shape index (κ3) is 5.51. The molecular weight excluding hydrogens is 339 g/mol. The number of hydrogen-bond donors (Lipinski definition) is 2. The second-order valence-electron chi connectivity index (χ2n) is 6.91. The van der Waals surface area contributed by atoms with E-state index in [1.165, 1.54) is 17.7 Å². The molecule has 0 aliphatic carbocycles. The Kier molecular flexibility index (Phi) is 6.07. The molecule has 1 unspecified atom stereocenters. The lowest BCUT2D eigenvalue weighted by Gasteiger charge is -2.39. The summed E-state index contributed by atoms with van der Waals surface area (Å²) < 4.78 is 13.4. The molecule has 1 aliphatic rings. The number of benzene rings is 2. The summed E-state index contributed by atoms with van der Waals surface area (Å²) in [7, 11) is 0. The van der Waals surface area contributed by atoms with Crippen molar-refractivity contribution in [3.05, 3.63) is 70.5 Å². The van der Waals surface area contributed by atoms with Gasteiger partial charge < -0.3 is 10.4 Å². The molecule has 0 saturated carbocycles. The Bertz CT molecular complexity index is 677. The molecule has 0 aromatic heterocycles. The van der Waals surface area contributed by atoms with E-state index >= 15 is 0 Å². The highest BCUT2D eigenvalue weighted by Gasteiger charge is 2.32. The fourth-order valence-electron chi connectivity index (χ4n) is 3.48. The summed E-state index contributed by atoms with van der Waals surface area (Å²) in [5, 5.41) is 14.5. The predicted molar refractivity (Wildman–Crippen MR) is 99.0 cm³/mol. The van der Waals surface area contributed by atoms with E-state index in [2.05, 4.69) is 22.3 Å². The molecule has 25 heavy (non-hydrogen) atoms. The molecule has 2 aromatic rings. The second kappa shape index (κ2) is 8.28. The Morgan fingerprint density at radius 2 is 1.96 bits per heavy atom. The standard InChI is InChI=1S/C20H24ClFN2O/c21-18-9-17(10-19(22)11-18)12-23-14-20(25)7-4-8-24(15-20)13-16-5-2-1-3-6-16/h1-3,5-6,9-11,23,25H,4,7-8,12-15H2. The van der Waals surface area contributed by atoms with Crippen molar-refractivity contribution in [1.29, 1.82) is 0 Å². The number of halogens is 2. The topological polar surface area (TPSA) is 35.5 Å².